The van der Waals surface area contributed by atoms with E-state index in [0.29, 0.717) is 0 Å². The molecular weight excluding hydrogens is 148 g/mol. The number of carbonyl (C=O) groups excluding carboxylic acids is 1. The average Bonchev–Trinajstić information content (AvgIpc) is 2.07. The largest absolute Gasteiger partial charge is 0.295 e. The molecule has 0 aliphatic carbocycles. The van der Waals surface area contributed by atoms with Gasteiger partial charge in [0.15, 0.2) is 5.78 Å². The van der Waals surface area contributed by atoms with Crippen LogP contribution in [0, 0.1) is 0 Å². The monoisotopic (exact) mass is 160 g/mol. The van der Waals surface area contributed by atoms with Crippen LogP contribution in [0.1, 0.15) is 19.4 Å². The van der Waals surface area contributed by atoms with E-state index in [4.69, 9.17) is 0 Å². The zero-order valence-corrected chi connectivity index (χ0v) is 7.37. The lowest BCUT2D eigenvalue weighted by atomic mass is 10.0. The Morgan fingerprint density at radius 2 is 1.83 bits per heavy atom. The van der Waals surface area contributed by atoms with Crippen LogP contribution in [0.3, 0.4) is 0 Å². The van der Waals surface area contributed by atoms with Gasteiger partial charge in [0, 0.05) is 5.57 Å². The molecule has 0 aliphatic rings. The highest BCUT2D eigenvalue weighted by atomic mass is 16.1. The molecule has 0 unspecified atom stereocenters. The molecule has 0 fully saturated rings. The third-order valence-electron chi connectivity index (χ3n) is 1.75. The third-order valence-corrected chi connectivity index (χ3v) is 1.75. The fourth-order valence-corrected chi connectivity index (χ4v) is 1.19. The van der Waals surface area contributed by atoms with Crippen LogP contribution in [0.15, 0.2) is 36.4 Å². The molecule has 0 N–H and O–H groups in total. The maximum atomic E-state index is 11.1. The van der Waals surface area contributed by atoms with Crippen LogP contribution in [0.25, 0.3) is 5.57 Å². The molecule has 1 aromatic rings. The number of hydrogen-bond donors (Lipinski definition) is 0. The summed E-state index contributed by atoms with van der Waals surface area (Å²) in [6, 6.07) is 9.69. The van der Waals surface area contributed by atoms with E-state index in [9.17, 15) is 4.79 Å². The lowest BCUT2D eigenvalue weighted by Crippen LogP contribution is -1.94. The molecule has 1 rings (SSSR count). The van der Waals surface area contributed by atoms with Crippen molar-refractivity contribution in [1.82, 2.24) is 0 Å². The summed E-state index contributed by atoms with van der Waals surface area (Å²) in [4.78, 5) is 11.1. The van der Waals surface area contributed by atoms with Gasteiger partial charge in [-0.3, -0.25) is 4.79 Å². The second-order valence-electron chi connectivity index (χ2n) is 2.62. The molecule has 0 radical (unpaired) electrons. The molecule has 0 spiro atoms. The fourth-order valence-electron chi connectivity index (χ4n) is 1.19. The Morgan fingerprint density at radius 3 is 2.25 bits per heavy atom. The van der Waals surface area contributed by atoms with Gasteiger partial charge in [0.25, 0.3) is 0 Å². The SMILES string of the molecule is C/C=C(\C(C)=O)c1ccccc1. The minimum atomic E-state index is 0.115. The van der Waals surface area contributed by atoms with Crippen LogP contribution < -0.4 is 0 Å². The molecule has 0 saturated heterocycles. The van der Waals surface area contributed by atoms with Crippen molar-refractivity contribution in [1.29, 1.82) is 0 Å². The van der Waals surface area contributed by atoms with E-state index in [1.54, 1.807) is 6.92 Å². The van der Waals surface area contributed by atoms with E-state index in [1.165, 1.54) is 0 Å². The smallest absolute Gasteiger partial charge is 0.160 e. The van der Waals surface area contributed by atoms with E-state index in [0.717, 1.165) is 11.1 Å². The predicted molar refractivity (Wildman–Crippen MR) is 50.8 cm³/mol. The molecule has 0 amide bonds. The number of allylic oxidation sites excluding steroid dienone is 2. The van der Waals surface area contributed by atoms with Crippen molar-refractivity contribution in [3.05, 3.63) is 42.0 Å². The Labute approximate surface area is 72.7 Å². The molecule has 12 heavy (non-hydrogen) atoms. The Hall–Kier alpha value is -1.37. The predicted octanol–water partition coefficient (Wildman–Crippen LogP) is 2.68. The van der Waals surface area contributed by atoms with Crippen LogP contribution in [0.5, 0.6) is 0 Å². The van der Waals surface area contributed by atoms with Gasteiger partial charge in [-0.1, -0.05) is 36.4 Å². The first-order valence-electron chi connectivity index (χ1n) is 3.98. The first kappa shape index (κ1) is 8.72. The Balaban J connectivity index is 3.05. The second kappa shape index (κ2) is 3.86. The van der Waals surface area contributed by atoms with Crippen LogP contribution in [0.4, 0.5) is 0 Å². The molecule has 62 valence electrons. The minimum absolute atomic E-state index is 0.115. The summed E-state index contributed by atoms with van der Waals surface area (Å²) in [5.41, 5.74) is 1.78. The van der Waals surface area contributed by atoms with Crippen molar-refractivity contribution < 1.29 is 4.79 Å². The number of hydrogen-bond acceptors (Lipinski definition) is 1. The normalized spacial score (nSPS) is 11.3. The highest BCUT2D eigenvalue weighted by molar-refractivity contribution is 6.19. The van der Waals surface area contributed by atoms with Crippen LogP contribution in [-0.2, 0) is 4.79 Å². The van der Waals surface area contributed by atoms with Crippen molar-refractivity contribution >= 4 is 11.4 Å². The number of ketones is 1. The van der Waals surface area contributed by atoms with E-state index in [-0.39, 0.29) is 5.78 Å². The molecular formula is C11H12O. The molecule has 1 nitrogen and oxygen atoms in total. The maximum Gasteiger partial charge on any atom is 0.160 e. The molecule has 1 heteroatoms. The maximum absolute atomic E-state index is 11.1. The molecule has 0 bridgehead atoms. The minimum Gasteiger partial charge on any atom is -0.295 e. The molecule has 1 aromatic carbocycles. The third kappa shape index (κ3) is 1.82. The summed E-state index contributed by atoms with van der Waals surface area (Å²) in [7, 11) is 0. The number of Topliss-reactive ketones (excluding diaryl/α,β-unsaturated/α-hetero) is 1. The topological polar surface area (TPSA) is 17.1 Å². The standard InChI is InChI=1S/C11H12O/c1-3-11(9(2)12)10-7-5-4-6-8-10/h3-8H,1-2H3/b11-3+. The Bertz CT molecular complexity index is 296. The van der Waals surface area contributed by atoms with Gasteiger partial charge in [0.2, 0.25) is 0 Å². The van der Waals surface area contributed by atoms with Gasteiger partial charge in [0.05, 0.1) is 0 Å². The van der Waals surface area contributed by atoms with Crippen molar-refractivity contribution in [3.8, 4) is 0 Å². The van der Waals surface area contributed by atoms with Gasteiger partial charge >= 0.3 is 0 Å². The van der Waals surface area contributed by atoms with Gasteiger partial charge in [-0.2, -0.15) is 0 Å². The quantitative estimate of drug-likeness (QED) is 0.608. The summed E-state index contributed by atoms with van der Waals surface area (Å²) in [6.07, 6.45) is 1.84. The van der Waals surface area contributed by atoms with Gasteiger partial charge < -0.3 is 0 Å². The van der Waals surface area contributed by atoms with E-state index in [1.807, 2.05) is 43.3 Å². The van der Waals surface area contributed by atoms with Crippen molar-refractivity contribution in [2.45, 2.75) is 13.8 Å². The molecule has 0 heterocycles. The van der Waals surface area contributed by atoms with E-state index < -0.39 is 0 Å². The summed E-state index contributed by atoms with van der Waals surface area (Å²) < 4.78 is 0. The fraction of sp³-hybridized carbons (Fsp3) is 0.182. The van der Waals surface area contributed by atoms with Gasteiger partial charge in [-0.15, -0.1) is 0 Å². The number of rotatable bonds is 2. The van der Waals surface area contributed by atoms with E-state index in [2.05, 4.69) is 0 Å². The highest BCUT2D eigenvalue weighted by Gasteiger charge is 2.03. The van der Waals surface area contributed by atoms with Crippen molar-refractivity contribution in [2.75, 3.05) is 0 Å². The number of benzene rings is 1. The first-order valence-corrected chi connectivity index (χ1v) is 3.98. The van der Waals surface area contributed by atoms with Crippen LogP contribution in [-0.4, -0.2) is 5.78 Å². The van der Waals surface area contributed by atoms with E-state index >= 15 is 0 Å². The lowest BCUT2D eigenvalue weighted by molar-refractivity contribution is -0.111. The molecule has 0 aliphatic heterocycles. The summed E-state index contributed by atoms with van der Waals surface area (Å²) in [5, 5.41) is 0. The van der Waals surface area contributed by atoms with Gasteiger partial charge in [-0.05, 0) is 19.4 Å². The highest BCUT2D eigenvalue weighted by Crippen LogP contribution is 2.13. The molecule has 0 atom stereocenters. The summed E-state index contributed by atoms with van der Waals surface area (Å²) in [5.74, 6) is 0.115. The van der Waals surface area contributed by atoms with Gasteiger partial charge in [-0.25, -0.2) is 0 Å². The zero-order chi connectivity index (χ0) is 8.97. The summed E-state index contributed by atoms with van der Waals surface area (Å²) in [6.45, 7) is 3.46. The molecule has 0 saturated carbocycles. The summed E-state index contributed by atoms with van der Waals surface area (Å²) >= 11 is 0. The van der Waals surface area contributed by atoms with Crippen molar-refractivity contribution in [3.63, 3.8) is 0 Å². The second-order valence-corrected chi connectivity index (χ2v) is 2.62. The lowest BCUT2D eigenvalue weighted by Gasteiger charge is -2.01. The van der Waals surface area contributed by atoms with Crippen LogP contribution >= 0.6 is 0 Å². The number of carbonyl (C=O) groups is 1. The average molecular weight is 160 g/mol. The van der Waals surface area contributed by atoms with Crippen LogP contribution in [0.2, 0.25) is 0 Å². The molecule has 0 aromatic heterocycles. The van der Waals surface area contributed by atoms with Gasteiger partial charge in [0.1, 0.15) is 0 Å². The Kier molecular flexibility index (Phi) is 2.81. The first-order chi connectivity index (χ1) is 5.75. The zero-order valence-electron chi connectivity index (χ0n) is 7.37. The Morgan fingerprint density at radius 1 is 1.25 bits per heavy atom. The van der Waals surface area contributed by atoms with Crippen molar-refractivity contribution in [2.24, 2.45) is 0 Å².